The van der Waals surface area contributed by atoms with Crippen molar-refractivity contribution in [1.29, 1.82) is 0 Å². The lowest BCUT2D eigenvalue weighted by Gasteiger charge is -2.03. The Bertz CT molecular complexity index is 358. The summed E-state index contributed by atoms with van der Waals surface area (Å²) in [6, 6.07) is 2.85. The van der Waals surface area contributed by atoms with Crippen LogP contribution in [0, 0.1) is 0 Å². The first-order valence-electron chi connectivity index (χ1n) is 3.74. The molecule has 0 fully saturated rings. The summed E-state index contributed by atoms with van der Waals surface area (Å²) in [7, 11) is -1.62. The number of carboxylic acids is 1. The highest BCUT2D eigenvalue weighted by atomic mass is 79.9. The Morgan fingerprint density at radius 1 is 1.50 bits per heavy atom. The minimum Gasteiger partial charge on any atom is -0.481 e. The van der Waals surface area contributed by atoms with E-state index in [1.165, 1.54) is 12.1 Å². The first-order chi connectivity index (χ1) is 6.50. The molecule has 0 aliphatic carbocycles. The number of halogens is 1. The standard InChI is InChI=1S/C7H7BBrNO4/c9-7-5(8(13)14)2-1-4(10-7)3-6(11)12/h1-2,13-14H,3H2,(H,11,12). The third-order valence-electron chi connectivity index (χ3n) is 1.55. The average Bonchev–Trinajstić information content (AvgIpc) is 2.01. The highest BCUT2D eigenvalue weighted by molar-refractivity contribution is 9.10. The largest absolute Gasteiger partial charge is 0.491 e. The minimum absolute atomic E-state index is 0.194. The van der Waals surface area contributed by atoms with Crippen LogP contribution in [0.15, 0.2) is 16.7 Å². The SMILES string of the molecule is O=C(O)Cc1ccc(B(O)O)c(Br)n1. The van der Waals surface area contributed by atoms with Gasteiger partial charge in [-0.15, -0.1) is 0 Å². The van der Waals surface area contributed by atoms with E-state index in [4.69, 9.17) is 15.2 Å². The molecule has 0 aromatic carbocycles. The van der Waals surface area contributed by atoms with Crippen LogP contribution in [0.1, 0.15) is 5.69 Å². The predicted octanol–water partition coefficient (Wildman–Crippen LogP) is -0.849. The molecule has 1 aromatic heterocycles. The molecule has 1 aromatic rings. The Balaban J connectivity index is 2.94. The number of carboxylic acid groups (broad SMARTS) is 1. The first kappa shape index (κ1) is 11.2. The molecule has 0 unspecified atom stereocenters. The summed E-state index contributed by atoms with van der Waals surface area (Å²) in [5.74, 6) is -0.985. The molecule has 1 rings (SSSR count). The van der Waals surface area contributed by atoms with E-state index in [1.807, 2.05) is 0 Å². The predicted molar refractivity (Wildman–Crippen MR) is 53.1 cm³/mol. The van der Waals surface area contributed by atoms with E-state index < -0.39 is 13.1 Å². The van der Waals surface area contributed by atoms with E-state index in [2.05, 4.69) is 20.9 Å². The van der Waals surface area contributed by atoms with Gasteiger partial charge in [0.25, 0.3) is 0 Å². The maximum atomic E-state index is 10.3. The first-order valence-corrected chi connectivity index (χ1v) is 4.53. The summed E-state index contributed by atoms with van der Waals surface area (Å²) < 4.78 is 0.242. The van der Waals surface area contributed by atoms with Gasteiger partial charge in [-0.2, -0.15) is 0 Å². The van der Waals surface area contributed by atoms with Crippen molar-refractivity contribution in [3.05, 3.63) is 22.4 Å². The maximum Gasteiger partial charge on any atom is 0.491 e. The molecule has 0 aliphatic rings. The van der Waals surface area contributed by atoms with Gasteiger partial charge in [-0.3, -0.25) is 4.79 Å². The van der Waals surface area contributed by atoms with Gasteiger partial charge in [0, 0.05) is 5.46 Å². The monoisotopic (exact) mass is 259 g/mol. The fraction of sp³-hybridized carbons (Fsp3) is 0.143. The number of pyridine rings is 1. The smallest absolute Gasteiger partial charge is 0.481 e. The van der Waals surface area contributed by atoms with Crippen LogP contribution in [-0.2, 0) is 11.2 Å². The van der Waals surface area contributed by atoms with Crippen molar-refractivity contribution in [1.82, 2.24) is 4.98 Å². The molecule has 3 N–H and O–H groups in total. The Morgan fingerprint density at radius 2 is 2.14 bits per heavy atom. The molecular formula is C7H7BBrNO4. The number of carbonyl (C=O) groups is 1. The molecule has 0 saturated heterocycles. The number of aromatic nitrogens is 1. The number of hydrogen-bond acceptors (Lipinski definition) is 4. The summed E-state index contributed by atoms with van der Waals surface area (Å²) in [6.45, 7) is 0. The maximum absolute atomic E-state index is 10.3. The van der Waals surface area contributed by atoms with Gasteiger partial charge in [0.05, 0.1) is 12.1 Å². The summed E-state index contributed by atoms with van der Waals surface area (Å²) >= 11 is 3.01. The molecule has 5 nitrogen and oxygen atoms in total. The van der Waals surface area contributed by atoms with Crippen molar-refractivity contribution in [3.63, 3.8) is 0 Å². The lowest BCUT2D eigenvalue weighted by atomic mass is 9.81. The van der Waals surface area contributed by atoms with E-state index in [0.29, 0.717) is 5.69 Å². The van der Waals surface area contributed by atoms with E-state index in [0.717, 1.165) is 0 Å². The second kappa shape index (κ2) is 4.54. The summed E-state index contributed by atoms with van der Waals surface area (Å²) in [6.07, 6.45) is -0.194. The molecule has 74 valence electrons. The average molecular weight is 260 g/mol. The molecule has 0 bridgehead atoms. The van der Waals surface area contributed by atoms with Gasteiger partial charge >= 0.3 is 13.1 Å². The van der Waals surface area contributed by atoms with Crippen LogP contribution >= 0.6 is 15.9 Å². The molecule has 0 radical (unpaired) electrons. The van der Waals surface area contributed by atoms with Gasteiger partial charge in [0.2, 0.25) is 0 Å². The highest BCUT2D eigenvalue weighted by Gasteiger charge is 2.16. The van der Waals surface area contributed by atoms with Crippen molar-refractivity contribution < 1.29 is 19.9 Å². The molecule has 0 aliphatic heterocycles. The van der Waals surface area contributed by atoms with Crippen LogP contribution in [0.4, 0.5) is 0 Å². The van der Waals surface area contributed by atoms with Gasteiger partial charge in [0.1, 0.15) is 4.60 Å². The topological polar surface area (TPSA) is 90.7 Å². The molecule has 7 heteroatoms. The van der Waals surface area contributed by atoms with Crippen LogP contribution in [-0.4, -0.2) is 33.2 Å². The number of aliphatic carboxylic acids is 1. The highest BCUT2D eigenvalue weighted by Crippen LogP contribution is 2.05. The van der Waals surface area contributed by atoms with Gasteiger partial charge in [-0.05, 0) is 22.0 Å². The summed E-state index contributed by atoms with van der Waals surface area (Å²) in [5.41, 5.74) is 0.563. The normalized spacial score (nSPS) is 9.93. The van der Waals surface area contributed by atoms with Crippen LogP contribution < -0.4 is 5.46 Å². The third-order valence-corrected chi connectivity index (χ3v) is 2.18. The van der Waals surface area contributed by atoms with Crippen LogP contribution in [0.5, 0.6) is 0 Å². The number of nitrogens with zero attached hydrogens (tertiary/aromatic N) is 1. The van der Waals surface area contributed by atoms with E-state index in [-0.39, 0.29) is 16.5 Å². The Morgan fingerprint density at radius 3 is 2.57 bits per heavy atom. The van der Waals surface area contributed by atoms with Gasteiger partial charge in [0.15, 0.2) is 0 Å². The van der Waals surface area contributed by atoms with Crippen molar-refractivity contribution in [2.24, 2.45) is 0 Å². The van der Waals surface area contributed by atoms with Crippen molar-refractivity contribution in [2.45, 2.75) is 6.42 Å². The van der Waals surface area contributed by atoms with Gasteiger partial charge < -0.3 is 15.2 Å². The number of hydrogen-bond donors (Lipinski definition) is 3. The quantitative estimate of drug-likeness (QED) is 0.486. The zero-order valence-corrected chi connectivity index (χ0v) is 8.60. The van der Waals surface area contributed by atoms with E-state index in [9.17, 15) is 4.79 Å². The minimum atomic E-state index is -1.62. The molecular weight excluding hydrogens is 253 g/mol. The zero-order valence-electron chi connectivity index (χ0n) is 7.01. The lowest BCUT2D eigenvalue weighted by Crippen LogP contribution is -2.31. The molecule has 0 amide bonds. The summed E-state index contributed by atoms with van der Waals surface area (Å²) in [5, 5.41) is 26.2. The van der Waals surface area contributed by atoms with Crippen LogP contribution in [0.3, 0.4) is 0 Å². The van der Waals surface area contributed by atoms with Gasteiger partial charge in [-0.25, -0.2) is 4.98 Å². The molecule has 0 atom stereocenters. The molecule has 0 spiro atoms. The second-order valence-corrected chi connectivity index (χ2v) is 3.38. The van der Waals surface area contributed by atoms with E-state index >= 15 is 0 Å². The van der Waals surface area contributed by atoms with Crippen LogP contribution in [0.2, 0.25) is 0 Å². The fourth-order valence-corrected chi connectivity index (χ4v) is 1.49. The number of rotatable bonds is 3. The second-order valence-electron chi connectivity index (χ2n) is 2.63. The lowest BCUT2D eigenvalue weighted by molar-refractivity contribution is -0.136. The third kappa shape index (κ3) is 2.79. The van der Waals surface area contributed by atoms with Crippen molar-refractivity contribution >= 4 is 34.5 Å². The molecule has 0 saturated carbocycles. The summed E-state index contributed by atoms with van der Waals surface area (Å²) in [4.78, 5) is 14.2. The molecule has 1 heterocycles. The zero-order chi connectivity index (χ0) is 10.7. The Labute approximate surface area is 88.7 Å². The van der Waals surface area contributed by atoms with Crippen molar-refractivity contribution in [2.75, 3.05) is 0 Å². The molecule has 14 heavy (non-hydrogen) atoms. The Hall–Kier alpha value is -0.915. The van der Waals surface area contributed by atoms with Crippen molar-refractivity contribution in [3.8, 4) is 0 Å². The van der Waals surface area contributed by atoms with E-state index in [1.54, 1.807) is 0 Å². The van der Waals surface area contributed by atoms with Crippen LogP contribution in [0.25, 0.3) is 0 Å². The van der Waals surface area contributed by atoms with Gasteiger partial charge in [-0.1, -0.05) is 6.07 Å². The fourth-order valence-electron chi connectivity index (χ4n) is 0.929. The Kier molecular flexibility index (Phi) is 3.62.